The van der Waals surface area contributed by atoms with Gasteiger partial charge in [0.15, 0.2) is 0 Å². The normalized spacial score (nSPS) is 11.1. The first-order chi connectivity index (χ1) is 14.8. The Labute approximate surface area is 181 Å². The van der Waals surface area contributed by atoms with E-state index in [1.165, 1.54) is 13.0 Å². The topological polar surface area (TPSA) is 60.0 Å². The molecule has 0 aliphatic rings. The summed E-state index contributed by atoms with van der Waals surface area (Å²) < 4.78 is 35.6. The molecule has 0 atom stereocenters. The molecule has 0 bridgehead atoms. The summed E-state index contributed by atoms with van der Waals surface area (Å²) in [5.74, 6) is -1.19. The summed E-state index contributed by atoms with van der Waals surface area (Å²) in [7, 11) is 0. The van der Waals surface area contributed by atoms with Crippen molar-refractivity contribution in [3.63, 3.8) is 0 Å². The minimum Gasteiger partial charge on any atom is -0.487 e. The summed E-state index contributed by atoms with van der Waals surface area (Å²) in [5.41, 5.74) is 1.99. The molecule has 0 saturated heterocycles. The number of aromatic nitrogens is 2. The van der Waals surface area contributed by atoms with Gasteiger partial charge in [0, 0.05) is 42.9 Å². The standard InChI is InChI=1S/C23H18ClF2N3O2/c1-14(30)29-9-6-16-10-15(2-5-20(16)29)12-28-8-7-21(22(24)23(28)27)31-13-17-3-4-18(25)11-19(17)26/h2-11,27H,12-13H2,1H3. The summed E-state index contributed by atoms with van der Waals surface area (Å²) in [6.07, 6.45) is 3.39. The smallest absolute Gasteiger partial charge is 0.227 e. The highest BCUT2D eigenvalue weighted by Crippen LogP contribution is 2.23. The molecule has 0 aliphatic heterocycles. The second-order valence-corrected chi connectivity index (χ2v) is 7.47. The first-order valence-corrected chi connectivity index (χ1v) is 9.82. The minimum atomic E-state index is -0.706. The molecular formula is C23H18ClF2N3O2. The molecule has 0 saturated carbocycles. The van der Waals surface area contributed by atoms with Gasteiger partial charge in [-0.25, -0.2) is 8.78 Å². The molecule has 2 aromatic carbocycles. The van der Waals surface area contributed by atoms with Gasteiger partial charge in [0.25, 0.3) is 0 Å². The molecule has 0 fully saturated rings. The Hall–Kier alpha value is -3.45. The van der Waals surface area contributed by atoms with E-state index in [2.05, 4.69) is 0 Å². The van der Waals surface area contributed by atoms with Gasteiger partial charge in [-0.3, -0.25) is 14.8 Å². The van der Waals surface area contributed by atoms with Crippen LogP contribution in [0.2, 0.25) is 5.02 Å². The van der Waals surface area contributed by atoms with Crippen LogP contribution in [-0.4, -0.2) is 15.0 Å². The molecule has 0 aliphatic carbocycles. The molecular weight excluding hydrogens is 424 g/mol. The van der Waals surface area contributed by atoms with Gasteiger partial charge in [0.2, 0.25) is 5.91 Å². The Morgan fingerprint density at radius 1 is 1.10 bits per heavy atom. The van der Waals surface area contributed by atoms with E-state index in [4.69, 9.17) is 21.7 Å². The van der Waals surface area contributed by atoms with Crippen LogP contribution in [0, 0.1) is 17.0 Å². The maximum atomic E-state index is 13.8. The van der Waals surface area contributed by atoms with E-state index >= 15 is 0 Å². The molecule has 0 spiro atoms. The average molecular weight is 442 g/mol. The van der Waals surface area contributed by atoms with Gasteiger partial charge < -0.3 is 9.30 Å². The highest BCUT2D eigenvalue weighted by atomic mass is 35.5. The van der Waals surface area contributed by atoms with Crippen molar-refractivity contribution >= 4 is 28.4 Å². The number of benzene rings is 2. The van der Waals surface area contributed by atoms with E-state index in [9.17, 15) is 13.6 Å². The fraction of sp³-hybridized carbons (Fsp3) is 0.130. The number of hydrogen-bond donors (Lipinski definition) is 1. The molecule has 4 aromatic rings. The number of nitrogens with one attached hydrogen (secondary N) is 1. The summed E-state index contributed by atoms with van der Waals surface area (Å²) in [4.78, 5) is 11.7. The van der Waals surface area contributed by atoms with E-state index in [0.717, 1.165) is 28.6 Å². The Morgan fingerprint density at radius 3 is 2.65 bits per heavy atom. The number of ether oxygens (including phenoxy) is 1. The zero-order valence-corrected chi connectivity index (χ0v) is 17.3. The lowest BCUT2D eigenvalue weighted by atomic mass is 10.1. The van der Waals surface area contributed by atoms with Crippen LogP contribution >= 0.6 is 11.6 Å². The number of pyridine rings is 1. The molecule has 5 nitrogen and oxygen atoms in total. The first-order valence-electron chi connectivity index (χ1n) is 9.44. The number of rotatable bonds is 5. The monoisotopic (exact) mass is 441 g/mol. The van der Waals surface area contributed by atoms with Crippen molar-refractivity contribution in [2.75, 3.05) is 0 Å². The van der Waals surface area contributed by atoms with Crippen LogP contribution in [0.25, 0.3) is 10.9 Å². The van der Waals surface area contributed by atoms with E-state index in [0.29, 0.717) is 6.54 Å². The number of halogens is 3. The zero-order chi connectivity index (χ0) is 22.1. The van der Waals surface area contributed by atoms with E-state index in [1.54, 1.807) is 27.6 Å². The van der Waals surface area contributed by atoms with Crippen molar-refractivity contribution in [2.24, 2.45) is 0 Å². The third kappa shape index (κ3) is 4.22. The Balaban J connectivity index is 1.54. The quantitative estimate of drug-likeness (QED) is 0.466. The maximum Gasteiger partial charge on any atom is 0.227 e. The van der Waals surface area contributed by atoms with E-state index in [-0.39, 0.29) is 34.3 Å². The largest absolute Gasteiger partial charge is 0.487 e. The lowest BCUT2D eigenvalue weighted by Crippen LogP contribution is -2.21. The van der Waals surface area contributed by atoms with Crippen LogP contribution in [-0.2, 0) is 13.2 Å². The summed E-state index contributed by atoms with van der Waals surface area (Å²) in [6.45, 7) is 1.76. The van der Waals surface area contributed by atoms with Crippen LogP contribution < -0.4 is 10.2 Å². The lowest BCUT2D eigenvalue weighted by molar-refractivity contribution is 0.0941. The molecule has 8 heteroatoms. The summed E-state index contributed by atoms with van der Waals surface area (Å²) >= 11 is 6.30. The lowest BCUT2D eigenvalue weighted by Gasteiger charge is -2.13. The third-order valence-corrected chi connectivity index (χ3v) is 5.33. The van der Waals surface area contributed by atoms with Gasteiger partial charge in [0.1, 0.15) is 34.5 Å². The van der Waals surface area contributed by atoms with Crippen LogP contribution in [0.1, 0.15) is 22.8 Å². The van der Waals surface area contributed by atoms with Crippen LogP contribution in [0.4, 0.5) is 8.78 Å². The fourth-order valence-electron chi connectivity index (χ4n) is 3.35. The number of fused-ring (bicyclic) bond motifs is 1. The number of nitrogens with zero attached hydrogens (tertiary/aromatic N) is 2. The number of carbonyl (C=O) groups excluding carboxylic acids is 1. The molecule has 158 valence electrons. The number of carbonyl (C=O) groups is 1. The van der Waals surface area contributed by atoms with Gasteiger partial charge >= 0.3 is 0 Å². The minimum absolute atomic E-state index is 0.0418. The van der Waals surface area contributed by atoms with E-state index in [1.807, 2.05) is 24.3 Å². The SMILES string of the molecule is CC(=O)n1ccc2cc(Cn3ccc(OCc4ccc(F)cc4F)c(Cl)c3=N)ccc21. The second-order valence-electron chi connectivity index (χ2n) is 7.09. The van der Waals surface area contributed by atoms with Crippen LogP contribution in [0.3, 0.4) is 0 Å². The molecule has 0 amide bonds. The molecule has 0 radical (unpaired) electrons. The van der Waals surface area contributed by atoms with E-state index < -0.39 is 11.6 Å². The van der Waals surface area contributed by atoms with Gasteiger partial charge in [-0.15, -0.1) is 0 Å². The molecule has 2 aromatic heterocycles. The predicted molar refractivity (Wildman–Crippen MR) is 113 cm³/mol. The van der Waals surface area contributed by atoms with Gasteiger partial charge in [-0.1, -0.05) is 17.7 Å². The van der Waals surface area contributed by atoms with Crippen LogP contribution in [0.5, 0.6) is 5.75 Å². The molecule has 2 heterocycles. The zero-order valence-electron chi connectivity index (χ0n) is 16.5. The summed E-state index contributed by atoms with van der Waals surface area (Å²) in [6, 6.07) is 12.4. The Bertz CT molecular complexity index is 1360. The molecule has 1 N–H and O–H groups in total. The van der Waals surface area contributed by atoms with Gasteiger partial charge in [-0.2, -0.15) is 0 Å². The average Bonchev–Trinajstić information content (AvgIpc) is 3.15. The maximum absolute atomic E-state index is 13.8. The van der Waals surface area contributed by atoms with Gasteiger partial charge in [-0.05, 0) is 42.0 Å². The second kappa shape index (κ2) is 8.35. The highest BCUT2D eigenvalue weighted by Gasteiger charge is 2.11. The number of hydrogen-bond acceptors (Lipinski definition) is 3. The van der Waals surface area contributed by atoms with Crippen molar-refractivity contribution in [3.05, 3.63) is 94.2 Å². The van der Waals surface area contributed by atoms with Crippen molar-refractivity contribution in [2.45, 2.75) is 20.1 Å². The molecule has 0 unspecified atom stereocenters. The Morgan fingerprint density at radius 2 is 1.90 bits per heavy atom. The van der Waals surface area contributed by atoms with Crippen molar-refractivity contribution in [1.29, 1.82) is 5.41 Å². The fourth-order valence-corrected chi connectivity index (χ4v) is 3.57. The summed E-state index contributed by atoms with van der Waals surface area (Å²) in [5, 5.41) is 9.36. The highest BCUT2D eigenvalue weighted by molar-refractivity contribution is 6.31. The predicted octanol–water partition coefficient (Wildman–Crippen LogP) is 5.14. The Kier molecular flexibility index (Phi) is 5.61. The van der Waals surface area contributed by atoms with Crippen molar-refractivity contribution in [3.8, 4) is 5.75 Å². The van der Waals surface area contributed by atoms with Crippen molar-refractivity contribution < 1.29 is 18.3 Å². The molecule has 31 heavy (non-hydrogen) atoms. The van der Waals surface area contributed by atoms with Gasteiger partial charge in [0.05, 0.1) is 5.52 Å². The molecule has 4 rings (SSSR count). The van der Waals surface area contributed by atoms with Crippen molar-refractivity contribution in [1.82, 2.24) is 9.13 Å². The van der Waals surface area contributed by atoms with Crippen LogP contribution in [0.15, 0.2) is 60.9 Å². The first kappa shape index (κ1) is 20.8. The third-order valence-electron chi connectivity index (χ3n) is 4.96.